The average Bonchev–Trinajstić information content (AvgIpc) is 2.04. The van der Waals surface area contributed by atoms with Gasteiger partial charge >= 0.3 is 0 Å². The number of anilines is 1. The van der Waals surface area contributed by atoms with Crippen LogP contribution in [0.3, 0.4) is 0 Å². The van der Waals surface area contributed by atoms with Crippen LogP contribution in [0, 0.1) is 0 Å². The van der Waals surface area contributed by atoms with Crippen LogP contribution in [0.5, 0.6) is 0 Å². The predicted octanol–water partition coefficient (Wildman–Crippen LogP) is -0.582. The minimum Gasteiger partial charge on any atom is -0.383 e. The Bertz CT molecular complexity index is 273. The van der Waals surface area contributed by atoms with Gasteiger partial charge in [-0.3, -0.25) is 4.79 Å². The maximum atomic E-state index is 11.0. The van der Waals surface area contributed by atoms with Crippen LogP contribution >= 0.6 is 0 Å². The molecule has 0 atom stereocenters. The molecule has 0 aromatic carbocycles. The SMILES string of the molecule is CNC(=O)c1cncnc1N. The molecule has 5 heteroatoms. The van der Waals surface area contributed by atoms with Crippen LogP contribution in [-0.4, -0.2) is 22.9 Å². The first-order valence-corrected chi connectivity index (χ1v) is 3.03. The minimum atomic E-state index is -0.275. The summed E-state index contributed by atoms with van der Waals surface area (Å²) in [6.45, 7) is 0. The van der Waals surface area contributed by atoms with Crippen molar-refractivity contribution in [3.63, 3.8) is 0 Å². The lowest BCUT2D eigenvalue weighted by atomic mass is 10.3. The van der Waals surface area contributed by atoms with Gasteiger partial charge in [-0.15, -0.1) is 0 Å². The summed E-state index contributed by atoms with van der Waals surface area (Å²) < 4.78 is 0. The molecule has 1 aromatic rings. The molecule has 0 aliphatic rings. The average molecular weight is 152 g/mol. The third-order valence-corrected chi connectivity index (χ3v) is 1.21. The summed E-state index contributed by atoms with van der Waals surface area (Å²) in [6.07, 6.45) is 2.67. The molecule has 0 spiro atoms. The highest BCUT2D eigenvalue weighted by Gasteiger charge is 2.06. The maximum Gasteiger partial charge on any atom is 0.256 e. The van der Waals surface area contributed by atoms with Crippen molar-refractivity contribution in [2.75, 3.05) is 12.8 Å². The van der Waals surface area contributed by atoms with E-state index in [0.717, 1.165) is 0 Å². The summed E-state index contributed by atoms with van der Waals surface area (Å²) in [7, 11) is 1.52. The first-order chi connectivity index (χ1) is 5.25. The number of carbonyl (C=O) groups is 1. The van der Waals surface area contributed by atoms with Crippen LogP contribution in [-0.2, 0) is 0 Å². The summed E-state index contributed by atoms with van der Waals surface area (Å²) in [5.74, 6) is -0.0811. The Labute approximate surface area is 63.7 Å². The summed E-state index contributed by atoms with van der Waals surface area (Å²) in [4.78, 5) is 18.3. The van der Waals surface area contributed by atoms with Gasteiger partial charge in [-0.05, 0) is 0 Å². The molecule has 0 bridgehead atoms. The van der Waals surface area contributed by atoms with E-state index in [4.69, 9.17) is 5.73 Å². The van der Waals surface area contributed by atoms with Crippen molar-refractivity contribution in [3.8, 4) is 0 Å². The Kier molecular flexibility index (Phi) is 2.00. The number of amides is 1. The topological polar surface area (TPSA) is 80.9 Å². The number of aromatic nitrogens is 2. The Hall–Kier alpha value is -1.65. The molecule has 0 saturated heterocycles. The number of nitrogens with zero attached hydrogens (tertiary/aromatic N) is 2. The van der Waals surface area contributed by atoms with Gasteiger partial charge < -0.3 is 11.1 Å². The molecule has 11 heavy (non-hydrogen) atoms. The van der Waals surface area contributed by atoms with E-state index in [2.05, 4.69) is 15.3 Å². The largest absolute Gasteiger partial charge is 0.383 e. The van der Waals surface area contributed by atoms with E-state index >= 15 is 0 Å². The number of nitrogen functional groups attached to an aromatic ring is 1. The van der Waals surface area contributed by atoms with E-state index in [1.807, 2.05) is 0 Å². The number of carbonyl (C=O) groups excluding carboxylic acids is 1. The van der Waals surface area contributed by atoms with Crippen molar-refractivity contribution in [3.05, 3.63) is 18.1 Å². The van der Waals surface area contributed by atoms with Gasteiger partial charge in [0.05, 0.1) is 5.56 Å². The highest BCUT2D eigenvalue weighted by molar-refractivity contribution is 5.97. The fourth-order valence-electron chi connectivity index (χ4n) is 0.649. The fraction of sp³-hybridized carbons (Fsp3) is 0.167. The third kappa shape index (κ3) is 1.43. The van der Waals surface area contributed by atoms with Crippen molar-refractivity contribution in [1.82, 2.24) is 15.3 Å². The number of nitrogens with one attached hydrogen (secondary N) is 1. The second-order valence-corrected chi connectivity index (χ2v) is 1.90. The molecule has 1 amide bonds. The van der Waals surface area contributed by atoms with Crippen LogP contribution < -0.4 is 11.1 Å². The smallest absolute Gasteiger partial charge is 0.256 e. The van der Waals surface area contributed by atoms with Crippen molar-refractivity contribution in [1.29, 1.82) is 0 Å². The summed E-state index contributed by atoms with van der Waals surface area (Å²) >= 11 is 0. The fourth-order valence-corrected chi connectivity index (χ4v) is 0.649. The van der Waals surface area contributed by atoms with Crippen molar-refractivity contribution in [2.45, 2.75) is 0 Å². The summed E-state index contributed by atoms with van der Waals surface area (Å²) in [5.41, 5.74) is 5.69. The Morgan fingerprint density at radius 2 is 2.45 bits per heavy atom. The molecule has 1 aromatic heterocycles. The molecule has 0 aliphatic carbocycles. The molecule has 1 heterocycles. The second kappa shape index (κ2) is 2.96. The van der Waals surface area contributed by atoms with Gasteiger partial charge in [0.1, 0.15) is 12.1 Å². The zero-order valence-corrected chi connectivity index (χ0v) is 6.03. The van der Waals surface area contributed by atoms with Gasteiger partial charge in [0.15, 0.2) is 0 Å². The molecular formula is C6H8N4O. The lowest BCUT2D eigenvalue weighted by Crippen LogP contribution is -2.20. The zero-order valence-electron chi connectivity index (χ0n) is 6.03. The van der Waals surface area contributed by atoms with Gasteiger partial charge in [-0.25, -0.2) is 9.97 Å². The van der Waals surface area contributed by atoms with E-state index in [1.54, 1.807) is 0 Å². The maximum absolute atomic E-state index is 11.0. The van der Waals surface area contributed by atoms with Gasteiger partial charge in [0.2, 0.25) is 0 Å². The Morgan fingerprint density at radius 1 is 1.73 bits per heavy atom. The molecular weight excluding hydrogens is 144 g/mol. The lowest BCUT2D eigenvalue weighted by Gasteiger charge is -1.99. The Morgan fingerprint density at radius 3 is 3.00 bits per heavy atom. The van der Waals surface area contributed by atoms with Gasteiger partial charge in [-0.2, -0.15) is 0 Å². The highest BCUT2D eigenvalue weighted by atomic mass is 16.1. The summed E-state index contributed by atoms with van der Waals surface area (Å²) in [5, 5.41) is 2.42. The van der Waals surface area contributed by atoms with Crippen molar-refractivity contribution in [2.24, 2.45) is 0 Å². The molecule has 0 fully saturated rings. The normalized spacial score (nSPS) is 9.18. The number of nitrogens with two attached hydrogens (primary N) is 1. The predicted molar refractivity (Wildman–Crippen MR) is 39.8 cm³/mol. The van der Waals surface area contributed by atoms with E-state index < -0.39 is 0 Å². The number of rotatable bonds is 1. The van der Waals surface area contributed by atoms with Gasteiger partial charge in [0.25, 0.3) is 5.91 Å². The third-order valence-electron chi connectivity index (χ3n) is 1.21. The second-order valence-electron chi connectivity index (χ2n) is 1.90. The van der Waals surface area contributed by atoms with Crippen LogP contribution in [0.2, 0.25) is 0 Å². The Balaban J connectivity index is 3.03. The zero-order chi connectivity index (χ0) is 8.27. The molecule has 0 saturated carbocycles. The minimum absolute atomic E-state index is 0.194. The molecule has 1 rings (SSSR count). The van der Waals surface area contributed by atoms with Crippen LogP contribution in [0.1, 0.15) is 10.4 Å². The monoisotopic (exact) mass is 152 g/mol. The molecule has 3 N–H and O–H groups in total. The molecule has 0 radical (unpaired) electrons. The van der Waals surface area contributed by atoms with E-state index in [1.165, 1.54) is 19.6 Å². The molecule has 5 nitrogen and oxygen atoms in total. The van der Waals surface area contributed by atoms with Crippen LogP contribution in [0.15, 0.2) is 12.5 Å². The summed E-state index contributed by atoms with van der Waals surface area (Å²) in [6, 6.07) is 0. The van der Waals surface area contributed by atoms with E-state index in [9.17, 15) is 4.79 Å². The molecule has 0 aliphatic heterocycles. The van der Waals surface area contributed by atoms with Crippen molar-refractivity contribution < 1.29 is 4.79 Å². The van der Waals surface area contributed by atoms with Gasteiger partial charge in [-0.1, -0.05) is 0 Å². The van der Waals surface area contributed by atoms with E-state index in [-0.39, 0.29) is 11.7 Å². The van der Waals surface area contributed by atoms with Crippen LogP contribution in [0.25, 0.3) is 0 Å². The van der Waals surface area contributed by atoms with Crippen molar-refractivity contribution >= 4 is 11.7 Å². The lowest BCUT2D eigenvalue weighted by molar-refractivity contribution is 0.0963. The standard InChI is InChI=1S/C6H8N4O/c1-8-6(11)4-2-9-3-10-5(4)7/h2-3H,1H3,(H,8,11)(H2,7,9,10). The highest BCUT2D eigenvalue weighted by Crippen LogP contribution is 2.03. The number of hydrogen-bond acceptors (Lipinski definition) is 4. The van der Waals surface area contributed by atoms with E-state index in [0.29, 0.717) is 5.56 Å². The first-order valence-electron chi connectivity index (χ1n) is 3.03. The first kappa shape index (κ1) is 7.46. The molecule has 58 valence electrons. The quantitative estimate of drug-likeness (QED) is 0.564. The molecule has 0 unspecified atom stereocenters. The van der Waals surface area contributed by atoms with Crippen LogP contribution in [0.4, 0.5) is 5.82 Å². The number of hydrogen-bond donors (Lipinski definition) is 2. The van der Waals surface area contributed by atoms with Gasteiger partial charge in [0, 0.05) is 13.2 Å².